The van der Waals surface area contributed by atoms with E-state index in [4.69, 9.17) is 0 Å². The van der Waals surface area contributed by atoms with Gasteiger partial charge in [-0.2, -0.15) is 10.2 Å². The number of aromatic nitrogens is 6. The number of nitrogens with zero attached hydrogens (tertiary/aromatic N) is 7. The number of alkyl halides is 1. The lowest BCUT2D eigenvalue weighted by Crippen LogP contribution is -2.43. The molecule has 1 aliphatic heterocycles. The molecule has 202 valence electrons. The summed E-state index contributed by atoms with van der Waals surface area (Å²) < 4.78 is 17.7. The van der Waals surface area contributed by atoms with Crippen molar-refractivity contribution in [2.24, 2.45) is 0 Å². The predicted octanol–water partition coefficient (Wildman–Crippen LogP) is 3.28. The summed E-state index contributed by atoms with van der Waals surface area (Å²) in [4.78, 5) is 48.7. The average Bonchev–Trinajstić information content (AvgIpc) is 3.58. The van der Waals surface area contributed by atoms with Gasteiger partial charge in [0.25, 0.3) is 0 Å². The molecule has 0 N–H and O–H groups in total. The first-order chi connectivity index (χ1) is 18.6. The molecule has 1 aliphatic rings. The minimum Gasteiger partial charge on any atom is -0.328 e. The van der Waals surface area contributed by atoms with E-state index in [0.29, 0.717) is 29.0 Å². The second-order valence-corrected chi connectivity index (χ2v) is 9.94. The highest BCUT2D eigenvalue weighted by molar-refractivity contribution is 6.06. The summed E-state index contributed by atoms with van der Waals surface area (Å²) in [6, 6.07) is 6.42. The summed E-state index contributed by atoms with van der Waals surface area (Å²) in [6.07, 6.45) is 2.10. The Kier molecular flexibility index (Phi) is 7.07. The summed E-state index contributed by atoms with van der Waals surface area (Å²) in [6.45, 7) is 7.39. The normalized spacial score (nSPS) is 17.2. The second-order valence-electron chi connectivity index (χ2n) is 9.94. The number of hydrogen-bond acceptors (Lipinski definition) is 7. The van der Waals surface area contributed by atoms with E-state index >= 15 is 0 Å². The molecule has 1 saturated heterocycles. The minimum absolute atomic E-state index is 0.0275. The zero-order valence-electron chi connectivity index (χ0n) is 22.4. The fraction of sp³-hybridized carbons (Fsp3) is 0.393. The van der Waals surface area contributed by atoms with Crippen LogP contribution in [0.3, 0.4) is 0 Å². The molecule has 11 heteroatoms. The predicted molar refractivity (Wildman–Crippen MR) is 142 cm³/mol. The molecule has 1 amide bonds. The number of amides is 1. The lowest BCUT2D eigenvalue weighted by atomic mass is 10.0. The SMILES string of the molecule is CCn1nc(CC(=O)[C@@H]2C[C@@H](F)CN2C(=O)Cn2nc(C(C)=O)c3cc(-c4cnc(C)nc4)ccc32)cc1C. The molecule has 0 radical (unpaired) electrons. The van der Waals surface area contributed by atoms with Crippen LogP contribution >= 0.6 is 0 Å². The number of halogens is 1. The van der Waals surface area contributed by atoms with Crippen molar-refractivity contribution in [1.82, 2.24) is 34.4 Å². The molecule has 0 unspecified atom stereocenters. The van der Waals surface area contributed by atoms with E-state index in [9.17, 15) is 18.8 Å². The van der Waals surface area contributed by atoms with E-state index < -0.39 is 18.1 Å². The van der Waals surface area contributed by atoms with Crippen LogP contribution in [0.25, 0.3) is 22.0 Å². The van der Waals surface area contributed by atoms with E-state index in [1.165, 1.54) is 16.5 Å². The van der Waals surface area contributed by atoms with Crippen molar-refractivity contribution in [3.8, 4) is 11.1 Å². The third-order valence-electron chi connectivity index (χ3n) is 7.11. The van der Waals surface area contributed by atoms with Crippen molar-refractivity contribution < 1.29 is 18.8 Å². The first-order valence-corrected chi connectivity index (χ1v) is 12.9. The number of carbonyl (C=O) groups excluding carboxylic acids is 3. The largest absolute Gasteiger partial charge is 0.328 e. The van der Waals surface area contributed by atoms with Crippen molar-refractivity contribution in [3.05, 3.63) is 59.6 Å². The Labute approximate surface area is 224 Å². The Morgan fingerprint density at radius 2 is 1.77 bits per heavy atom. The van der Waals surface area contributed by atoms with Crippen molar-refractivity contribution in [2.75, 3.05) is 6.54 Å². The van der Waals surface area contributed by atoms with Crippen LogP contribution in [0.1, 0.15) is 48.0 Å². The molecular formula is C28H30FN7O3. The third-order valence-corrected chi connectivity index (χ3v) is 7.11. The smallest absolute Gasteiger partial charge is 0.245 e. The van der Waals surface area contributed by atoms with Crippen LogP contribution in [0.2, 0.25) is 0 Å². The topological polar surface area (TPSA) is 116 Å². The van der Waals surface area contributed by atoms with E-state index in [-0.39, 0.29) is 43.2 Å². The maximum atomic E-state index is 14.5. The summed E-state index contributed by atoms with van der Waals surface area (Å²) >= 11 is 0. The van der Waals surface area contributed by atoms with Gasteiger partial charge in [-0.3, -0.25) is 23.7 Å². The molecular weight excluding hydrogens is 501 g/mol. The van der Waals surface area contributed by atoms with E-state index in [1.54, 1.807) is 30.1 Å². The number of hydrogen-bond donors (Lipinski definition) is 0. The lowest BCUT2D eigenvalue weighted by molar-refractivity contribution is -0.138. The molecule has 0 bridgehead atoms. The number of benzene rings is 1. The molecule has 0 spiro atoms. The molecule has 39 heavy (non-hydrogen) atoms. The third kappa shape index (κ3) is 5.21. The van der Waals surface area contributed by atoms with Gasteiger partial charge in [-0.05, 0) is 44.5 Å². The van der Waals surface area contributed by atoms with Crippen molar-refractivity contribution >= 4 is 28.4 Å². The zero-order chi connectivity index (χ0) is 27.8. The van der Waals surface area contributed by atoms with Crippen LogP contribution < -0.4 is 0 Å². The second kappa shape index (κ2) is 10.5. The van der Waals surface area contributed by atoms with Crippen LogP contribution in [-0.2, 0) is 29.1 Å². The summed E-state index contributed by atoms with van der Waals surface area (Å²) in [5.74, 6) is -0.276. The molecule has 1 fully saturated rings. The highest BCUT2D eigenvalue weighted by Gasteiger charge is 2.40. The van der Waals surface area contributed by atoms with E-state index in [0.717, 1.165) is 16.8 Å². The van der Waals surface area contributed by atoms with Gasteiger partial charge >= 0.3 is 0 Å². The monoisotopic (exact) mass is 531 g/mol. The minimum atomic E-state index is -1.29. The number of ketones is 2. The van der Waals surface area contributed by atoms with Crippen LogP contribution in [0.4, 0.5) is 4.39 Å². The van der Waals surface area contributed by atoms with E-state index in [1.807, 2.05) is 32.0 Å². The van der Waals surface area contributed by atoms with Gasteiger partial charge < -0.3 is 4.90 Å². The van der Waals surface area contributed by atoms with Crippen LogP contribution in [0, 0.1) is 13.8 Å². The Morgan fingerprint density at radius 3 is 2.44 bits per heavy atom. The summed E-state index contributed by atoms with van der Waals surface area (Å²) in [7, 11) is 0. The maximum absolute atomic E-state index is 14.5. The summed E-state index contributed by atoms with van der Waals surface area (Å²) in [5, 5.41) is 9.44. The Hall–Kier alpha value is -4.28. The van der Waals surface area contributed by atoms with Gasteiger partial charge in [0.2, 0.25) is 5.91 Å². The molecule has 2 atom stereocenters. The van der Waals surface area contributed by atoms with Crippen LogP contribution in [0.15, 0.2) is 36.7 Å². The fourth-order valence-corrected chi connectivity index (χ4v) is 5.15. The summed E-state index contributed by atoms with van der Waals surface area (Å²) in [5.41, 5.74) is 3.95. The number of fused-ring (bicyclic) bond motifs is 1. The van der Waals surface area contributed by atoms with Gasteiger partial charge in [0, 0.05) is 48.9 Å². The van der Waals surface area contributed by atoms with Gasteiger partial charge in [0.15, 0.2) is 11.6 Å². The van der Waals surface area contributed by atoms with Gasteiger partial charge in [-0.25, -0.2) is 14.4 Å². The Balaban J connectivity index is 1.39. The van der Waals surface area contributed by atoms with Crippen molar-refractivity contribution in [3.63, 3.8) is 0 Å². The average molecular weight is 532 g/mol. The Morgan fingerprint density at radius 1 is 1.03 bits per heavy atom. The van der Waals surface area contributed by atoms with Crippen LogP contribution in [-0.4, -0.2) is 70.7 Å². The van der Waals surface area contributed by atoms with Crippen molar-refractivity contribution in [1.29, 1.82) is 0 Å². The zero-order valence-corrected chi connectivity index (χ0v) is 22.4. The first kappa shape index (κ1) is 26.3. The molecule has 3 aromatic heterocycles. The lowest BCUT2D eigenvalue weighted by Gasteiger charge is -2.23. The molecule has 0 aliphatic carbocycles. The fourth-order valence-electron chi connectivity index (χ4n) is 5.15. The number of carbonyl (C=O) groups is 3. The van der Waals surface area contributed by atoms with Gasteiger partial charge in [-0.15, -0.1) is 0 Å². The van der Waals surface area contributed by atoms with Crippen molar-refractivity contribution in [2.45, 2.75) is 65.8 Å². The molecule has 10 nitrogen and oxygen atoms in total. The number of Topliss-reactive ketones (excluding diaryl/α,β-unsaturated/α-hetero) is 2. The van der Waals surface area contributed by atoms with Gasteiger partial charge in [-0.1, -0.05) is 6.07 Å². The highest BCUT2D eigenvalue weighted by atomic mass is 19.1. The highest BCUT2D eigenvalue weighted by Crippen LogP contribution is 2.28. The first-order valence-electron chi connectivity index (χ1n) is 12.9. The van der Waals surface area contributed by atoms with Gasteiger partial charge in [0.05, 0.1) is 30.2 Å². The van der Waals surface area contributed by atoms with Gasteiger partial charge in [0.1, 0.15) is 24.2 Å². The molecule has 4 aromatic rings. The maximum Gasteiger partial charge on any atom is 0.245 e. The Bertz CT molecular complexity index is 1570. The molecule has 1 aromatic carbocycles. The van der Waals surface area contributed by atoms with E-state index in [2.05, 4.69) is 20.2 Å². The number of aryl methyl sites for hydroxylation is 3. The molecule has 0 saturated carbocycles. The quantitative estimate of drug-likeness (QED) is 0.321. The number of likely N-dealkylation sites (tertiary alicyclic amines) is 1. The molecule has 4 heterocycles. The standard InChI is InChI=1S/C28H30FN7O3/c1-5-35-16(2)8-22(32-35)11-26(38)25-10-21(29)14-34(25)27(39)15-36-24-7-6-19(20-12-30-18(4)31-13-20)9-23(24)28(33-36)17(3)37/h6-9,12-13,21,25H,5,10-11,14-15H2,1-4H3/t21-,25+/m1/s1. The molecule has 5 rings (SSSR count). The van der Waals surface area contributed by atoms with Crippen LogP contribution in [0.5, 0.6) is 0 Å². The number of rotatable bonds is 8.